The van der Waals surface area contributed by atoms with Crippen LogP contribution in [0, 0.1) is 0 Å². The molecule has 0 bridgehead atoms. The minimum Gasteiger partial charge on any atom is -0.330 e. The predicted octanol–water partition coefficient (Wildman–Crippen LogP) is 1.48. The predicted molar refractivity (Wildman–Crippen MR) is 38.8 cm³/mol. The summed E-state index contributed by atoms with van der Waals surface area (Å²) in [7, 11) is 0. The molecule has 0 radical (unpaired) electrons. The molecular weight excluding hydrogens is 114 g/mol. The van der Waals surface area contributed by atoms with E-state index in [0.29, 0.717) is 0 Å². The summed E-state index contributed by atoms with van der Waals surface area (Å²) < 4.78 is 12.4. The Morgan fingerprint density at radius 2 is 1.78 bits per heavy atom. The van der Waals surface area contributed by atoms with Gasteiger partial charge in [-0.25, -0.2) is 0 Å². The van der Waals surface area contributed by atoms with Crippen molar-refractivity contribution in [2.75, 3.05) is 0 Å². The van der Waals surface area contributed by atoms with Crippen molar-refractivity contribution in [3.8, 4) is 0 Å². The zero-order chi connectivity index (χ0) is 6.69. The van der Waals surface area contributed by atoms with Crippen LogP contribution in [-0.2, 0) is 0 Å². The lowest BCUT2D eigenvalue weighted by Crippen LogP contribution is -2.20. The maximum absolute atomic E-state index is 12.4. The van der Waals surface area contributed by atoms with Crippen LogP contribution in [0.25, 0.3) is 0 Å². The molecular formula is C7H8BF. The van der Waals surface area contributed by atoms with Gasteiger partial charge in [-0.05, 0) is 12.3 Å². The molecule has 1 aromatic carbocycles. The molecule has 0 aromatic heterocycles. The Morgan fingerprint density at radius 3 is 2.11 bits per heavy atom. The molecule has 1 aromatic rings. The number of rotatable bonds is 1. The largest absolute Gasteiger partial charge is 0.377 e. The van der Waals surface area contributed by atoms with Gasteiger partial charge >= 0.3 is 6.99 Å². The molecule has 0 amide bonds. The molecule has 0 saturated carbocycles. The van der Waals surface area contributed by atoms with E-state index < -0.39 is 6.99 Å². The van der Waals surface area contributed by atoms with E-state index in [-0.39, 0.29) is 0 Å². The van der Waals surface area contributed by atoms with Gasteiger partial charge in [-0.3, -0.25) is 0 Å². The fraction of sp³-hybridized carbons (Fsp3) is 0.143. The van der Waals surface area contributed by atoms with Crippen molar-refractivity contribution in [3.63, 3.8) is 0 Å². The van der Waals surface area contributed by atoms with E-state index in [0.717, 1.165) is 5.46 Å². The zero-order valence-electron chi connectivity index (χ0n) is 5.34. The molecule has 1 rings (SSSR count). The van der Waals surface area contributed by atoms with E-state index in [9.17, 15) is 4.32 Å². The van der Waals surface area contributed by atoms with Gasteiger partial charge in [0.25, 0.3) is 0 Å². The Morgan fingerprint density at radius 1 is 1.22 bits per heavy atom. The molecule has 0 saturated heterocycles. The first-order valence-corrected chi connectivity index (χ1v) is 2.99. The minimum atomic E-state index is -0.841. The summed E-state index contributed by atoms with van der Waals surface area (Å²) in [5.41, 5.74) is 0.748. The van der Waals surface area contributed by atoms with E-state index in [1.165, 1.54) is 6.82 Å². The molecule has 0 unspecified atom stereocenters. The topological polar surface area (TPSA) is 0 Å². The Balaban J connectivity index is 2.85. The Labute approximate surface area is 54.8 Å². The first kappa shape index (κ1) is 6.34. The van der Waals surface area contributed by atoms with Gasteiger partial charge in [0, 0.05) is 0 Å². The quantitative estimate of drug-likeness (QED) is 0.495. The van der Waals surface area contributed by atoms with Gasteiger partial charge in [-0.1, -0.05) is 30.3 Å². The fourth-order valence-electron chi connectivity index (χ4n) is 0.718. The smallest absolute Gasteiger partial charge is 0.330 e. The maximum atomic E-state index is 12.4. The molecule has 0 fully saturated rings. The zero-order valence-corrected chi connectivity index (χ0v) is 5.34. The Hall–Kier alpha value is -0.785. The highest BCUT2D eigenvalue weighted by Crippen LogP contribution is 1.87. The highest BCUT2D eigenvalue weighted by molar-refractivity contribution is 6.65. The average molecular weight is 122 g/mol. The molecule has 0 heterocycles. The van der Waals surface area contributed by atoms with Gasteiger partial charge in [0.1, 0.15) is 0 Å². The maximum Gasteiger partial charge on any atom is 0.377 e. The van der Waals surface area contributed by atoms with Crippen molar-refractivity contribution >= 4 is 12.5 Å². The molecule has 0 aliphatic carbocycles. The lowest BCUT2D eigenvalue weighted by Gasteiger charge is -1.93. The van der Waals surface area contributed by atoms with Gasteiger partial charge < -0.3 is 4.32 Å². The van der Waals surface area contributed by atoms with Gasteiger partial charge in [0.05, 0.1) is 0 Å². The van der Waals surface area contributed by atoms with Crippen LogP contribution >= 0.6 is 0 Å². The summed E-state index contributed by atoms with van der Waals surface area (Å²) in [6, 6.07) is 9.12. The second-order valence-corrected chi connectivity index (χ2v) is 2.03. The number of benzene rings is 1. The first-order chi connectivity index (χ1) is 4.30. The van der Waals surface area contributed by atoms with Crippen LogP contribution in [0.4, 0.5) is 4.32 Å². The molecule has 0 aliphatic heterocycles. The second-order valence-electron chi connectivity index (χ2n) is 2.03. The number of hydrogen-bond donors (Lipinski definition) is 0. The lowest BCUT2D eigenvalue weighted by atomic mass is 9.67. The van der Waals surface area contributed by atoms with Crippen molar-refractivity contribution in [2.24, 2.45) is 0 Å². The molecule has 0 N–H and O–H groups in total. The first-order valence-electron chi connectivity index (χ1n) is 2.99. The molecule has 0 spiro atoms. The second kappa shape index (κ2) is 2.67. The van der Waals surface area contributed by atoms with Crippen molar-refractivity contribution < 1.29 is 4.32 Å². The van der Waals surface area contributed by atoms with Gasteiger partial charge in [-0.15, -0.1) is 0 Å². The minimum absolute atomic E-state index is 0.748. The van der Waals surface area contributed by atoms with Crippen LogP contribution in [0.15, 0.2) is 30.3 Å². The third kappa shape index (κ3) is 1.56. The normalized spacial score (nSPS) is 9.11. The van der Waals surface area contributed by atoms with Crippen LogP contribution in [0.3, 0.4) is 0 Å². The summed E-state index contributed by atoms with van der Waals surface area (Å²) in [5, 5.41) is 0. The summed E-state index contributed by atoms with van der Waals surface area (Å²) >= 11 is 0. The fourth-order valence-corrected chi connectivity index (χ4v) is 0.718. The monoisotopic (exact) mass is 122 g/mol. The Kier molecular flexibility index (Phi) is 1.88. The van der Waals surface area contributed by atoms with Crippen LogP contribution in [-0.4, -0.2) is 6.99 Å². The van der Waals surface area contributed by atoms with Crippen LogP contribution in [0.2, 0.25) is 6.82 Å². The average Bonchev–Trinajstić information content (AvgIpc) is 1.90. The molecule has 0 nitrogen and oxygen atoms in total. The number of hydrogen-bond acceptors (Lipinski definition) is 0. The summed E-state index contributed by atoms with van der Waals surface area (Å²) in [5.74, 6) is 0. The van der Waals surface area contributed by atoms with Crippen LogP contribution in [0.1, 0.15) is 0 Å². The van der Waals surface area contributed by atoms with Crippen molar-refractivity contribution in [1.29, 1.82) is 0 Å². The summed E-state index contributed by atoms with van der Waals surface area (Å²) in [6.07, 6.45) is 0. The van der Waals surface area contributed by atoms with Crippen LogP contribution in [0.5, 0.6) is 0 Å². The lowest BCUT2D eigenvalue weighted by molar-refractivity contribution is 0.856. The summed E-state index contributed by atoms with van der Waals surface area (Å²) in [6.45, 7) is 0.696. The third-order valence-electron chi connectivity index (χ3n) is 1.26. The molecule has 0 aliphatic rings. The molecule has 0 atom stereocenters. The van der Waals surface area contributed by atoms with Gasteiger partial charge in [-0.2, -0.15) is 0 Å². The highest BCUT2D eigenvalue weighted by Gasteiger charge is 2.05. The van der Waals surface area contributed by atoms with Crippen molar-refractivity contribution in [3.05, 3.63) is 30.3 Å². The van der Waals surface area contributed by atoms with Gasteiger partial charge in [0.2, 0.25) is 0 Å². The number of halogens is 1. The van der Waals surface area contributed by atoms with Crippen LogP contribution < -0.4 is 5.46 Å². The van der Waals surface area contributed by atoms with E-state index in [4.69, 9.17) is 0 Å². The molecule has 9 heavy (non-hydrogen) atoms. The van der Waals surface area contributed by atoms with E-state index >= 15 is 0 Å². The van der Waals surface area contributed by atoms with Gasteiger partial charge in [0.15, 0.2) is 0 Å². The van der Waals surface area contributed by atoms with E-state index in [2.05, 4.69) is 0 Å². The van der Waals surface area contributed by atoms with Crippen molar-refractivity contribution in [2.45, 2.75) is 6.82 Å². The standard InChI is InChI=1S/C7H8BF/c1-8(9)7-5-3-2-4-6-7/h2-6H,1H3. The molecule has 46 valence electrons. The molecule has 2 heteroatoms. The Bertz CT molecular complexity index is 172. The van der Waals surface area contributed by atoms with Crippen molar-refractivity contribution in [1.82, 2.24) is 0 Å². The highest BCUT2D eigenvalue weighted by atomic mass is 19.1. The third-order valence-corrected chi connectivity index (χ3v) is 1.26. The van der Waals surface area contributed by atoms with E-state index in [1.54, 1.807) is 12.1 Å². The van der Waals surface area contributed by atoms with E-state index in [1.807, 2.05) is 18.2 Å². The summed E-state index contributed by atoms with van der Waals surface area (Å²) in [4.78, 5) is 0. The SMILES string of the molecule is CB(F)c1ccccc1.